The van der Waals surface area contributed by atoms with Gasteiger partial charge in [0.25, 0.3) is 0 Å². The molecule has 0 bridgehead atoms. The summed E-state index contributed by atoms with van der Waals surface area (Å²) in [5, 5.41) is 0. The third-order valence-electron chi connectivity index (χ3n) is 5.19. The summed E-state index contributed by atoms with van der Waals surface area (Å²) in [6, 6.07) is 3.79. The van der Waals surface area contributed by atoms with Gasteiger partial charge < -0.3 is 14.4 Å². The van der Waals surface area contributed by atoms with E-state index in [0.29, 0.717) is 12.5 Å². The van der Waals surface area contributed by atoms with Crippen LogP contribution in [0.15, 0.2) is 24.5 Å². The van der Waals surface area contributed by atoms with Gasteiger partial charge in [-0.25, -0.2) is 0 Å². The molecule has 1 amide bonds. The normalized spacial score (nSPS) is 31.5. The molecule has 0 aromatic carbocycles. The third-order valence-corrected chi connectivity index (χ3v) is 5.19. The van der Waals surface area contributed by atoms with E-state index in [2.05, 4.69) is 4.98 Å². The molecule has 3 heterocycles. The number of amides is 1. The molecule has 3 fully saturated rings. The molecule has 3 aliphatic rings. The van der Waals surface area contributed by atoms with Crippen LogP contribution in [0.5, 0.6) is 5.75 Å². The minimum Gasteiger partial charge on any atom is -0.486 e. The summed E-state index contributed by atoms with van der Waals surface area (Å²) >= 11 is 0. The maximum absolute atomic E-state index is 12.4. The Balaban J connectivity index is 1.35. The highest BCUT2D eigenvalue weighted by Gasteiger charge is 2.48. The summed E-state index contributed by atoms with van der Waals surface area (Å²) in [4.78, 5) is 18.4. The number of nitrogens with zero attached hydrogens (tertiary/aromatic N) is 2. The highest BCUT2D eigenvalue weighted by atomic mass is 16.6. The number of rotatable bonds is 3. The van der Waals surface area contributed by atoms with Gasteiger partial charge in [0.15, 0.2) is 0 Å². The van der Waals surface area contributed by atoms with Gasteiger partial charge >= 0.3 is 0 Å². The number of ether oxygens (including phenoxy) is 2. The van der Waals surface area contributed by atoms with Gasteiger partial charge in [0.05, 0.1) is 18.4 Å². The minimum absolute atomic E-state index is 0.0583. The lowest BCUT2D eigenvalue weighted by atomic mass is 9.84. The second kappa shape index (κ2) is 5.54. The zero-order chi connectivity index (χ0) is 15.0. The first kappa shape index (κ1) is 14.0. The van der Waals surface area contributed by atoms with E-state index >= 15 is 0 Å². The Morgan fingerprint density at radius 1 is 1.45 bits per heavy atom. The number of carbonyl (C=O) groups is 1. The van der Waals surface area contributed by atoms with Gasteiger partial charge in [0.1, 0.15) is 11.9 Å². The van der Waals surface area contributed by atoms with E-state index in [-0.39, 0.29) is 17.6 Å². The molecule has 5 heteroatoms. The van der Waals surface area contributed by atoms with E-state index in [9.17, 15) is 4.79 Å². The van der Waals surface area contributed by atoms with Crippen molar-refractivity contribution < 1.29 is 14.3 Å². The highest BCUT2D eigenvalue weighted by molar-refractivity contribution is 5.80. The highest BCUT2D eigenvalue weighted by Crippen LogP contribution is 2.38. The Bertz CT molecular complexity index is 546. The van der Waals surface area contributed by atoms with Gasteiger partial charge in [-0.15, -0.1) is 0 Å². The lowest BCUT2D eigenvalue weighted by molar-refractivity contribution is -0.138. The molecule has 2 aliphatic heterocycles. The molecule has 22 heavy (non-hydrogen) atoms. The molecule has 4 rings (SSSR count). The van der Waals surface area contributed by atoms with Crippen molar-refractivity contribution in [1.82, 2.24) is 9.88 Å². The van der Waals surface area contributed by atoms with Crippen molar-refractivity contribution in [3.05, 3.63) is 24.5 Å². The third kappa shape index (κ3) is 2.58. The second-order valence-corrected chi connectivity index (χ2v) is 6.76. The molecule has 2 unspecified atom stereocenters. The topological polar surface area (TPSA) is 51.7 Å². The van der Waals surface area contributed by atoms with Crippen molar-refractivity contribution in [2.24, 2.45) is 5.92 Å². The van der Waals surface area contributed by atoms with Crippen LogP contribution in [-0.2, 0) is 9.53 Å². The zero-order valence-electron chi connectivity index (χ0n) is 12.7. The number of carbonyl (C=O) groups excluding carboxylic acids is 1. The van der Waals surface area contributed by atoms with Crippen molar-refractivity contribution in [1.29, 1.82) is 0 Å². The minimum atomic E-state index is -0.188. The average molecular weight is 302 g/mol. The van der Waals surface area contributed by atoms with Crippen molar-refractivity contribution >= 4 is 5.91 Å². The quantitative estimate of drug-likeness (QED) is 0.857. The standard InChI is InChI=1S/C17H22N2O3/c20-16(13-3-1-4-13)19-8-6-17(12-19)9-15(11-21-17)22-14-5-2-7-18-10-14/h2,5,7,10,13,15H,1,3-4,6,8-9,11-12H2. The largest absolute Gasteiger partial charge is 0.486 e. The molecule has 5 nitrogen and oxygen atoms in total. The molecule has 1 saturated carbocycles. The predicted molar refractivity (Wildman–Crippen MR) is 80.5 cm³/mol. The smallest absolute Gasteiger partial charge is 0.225 e. The summed E-state index contributed by atoms with van der Waals surface area (Å²) in [5.74, 6) is 1.40. The summed E-state index contributed by atoms with van der Waals surface area (Å²) in [5.41, 5.74) is -0.188. The summed E-state index contributed by atoms with van der Waals surface area (Å²) in [6.45, 7) is 2.16. The van der Waals surface area contributed by atoms with Gasteiger partial charge in [-0.2, -0.15) is 0 Å². The van der Waals surface area contributed by atoms with Gasteiger partial charge in [-0.3, -0.25) is 9.78 Å². The van der Waals surface area contributed by atoms with Crippen molar-refractivity contribution in [3.8, 4) is 5.75 Å². The Morgan fingerprint density at radius 2 is 2.36 bits per heavy atom. The van der Waals surface area contributed by atoms with Gasteiger partial charge in [0.2, 0.25) is 5.91 Å². The molecule has 1 aromatic heterocycles. The molecule has 1 aliphatic carbocycles. The second-order valence-electron chi connectivity index (χ2n) is 6.76. The van der Waals surface area contributed by atoms with E-state index in [1.165, 1.54) is 6.42 Å². The maximum atomic E-state index is 12.4. The van der Waals surface area contributed by atoms with E-state index < -0.39 is 0 Å². The van der Waals surface area contributed by atoms with Crippen LogP contribution in [0.4, 0.5) is 0 Å². The van der Waals surface area contributed by atoms with Crippen LogP contribution in [0.1, 0.15) is 32.1 Å². The molecule has 2 atom stereocenters. The monoisotopic (exact) mass is 302 g/mol. The zero-order valence-corrected chi connectivity index (χ0v) is 12.7. The van der Waals surface area contributed by atoms with Crippen LogP contribution in [0.2, 0.25) is 0 Å². The molecule has 2 saturated heterocycles. The Labute approximate surface area is 130 Å². The Kier molecular flexibility index (Phi) is 3.53. The fourth-order valence-electron chi connectivity index (χ4n) is 3.72. The molecular formula is C17H22N2O3. The summed E-state index contributed by atoms with van der Waals surface area (Å²) < 4.78 is 12.0. The molecule has 1 aromatic rings. The van der Waals surface area contributed by atoms with E-state index in [1.807, 2.05) is 17.0 Å². The molecule has 118 valence electrons. The number of hydrogen-bond donors (Lipinski definition) is 0. The Morgan fingerprint density at radius 3 is 3.09 bits per heavy atom. The molecule has 0 N–H and O–H groups in total. The predicted octanol–water partition coefficient (Wildman–Crippen LogP) is 2.02. The van der Waals surface area contributed by atoms with Gasteiger partial charge in [-0.05, 0) is 31.4 Å². The number of pyridine rings is 1. The van der Waals surface area contributed by atoms with Crippen LogP contribution in [0.25, 0.3) is 0 Å². The maximum Gasteiger partial charge on any atom is 0.225 e. The Hall–Kier alpha value is -1.62. The van der Waals surface area contributed by atoms with Crippen LogP contribution in [-0.4, -0.2) is 47.2 Å². The first-order chi connectivity index (χ1) is 10.7. The van der Waals surface area contributed by atoms with Crippen LogP contribution in [0.3, 0.4) is 0 Å². The average Bonchev–Trinajstić information content (AvgIpc) is 3.06. The van der Waals surface area contributed by atoms with Crippen LogP contribution in [0, 0.1) is 5.92 Å². The van der Waals surface area contributed by atoms with E-state index in [1.54, 1.807) is 12.4 Å². The summed E-state index contributed by atoms with van der Waals surface area (Å²) in [7, 11) is 0. The van der Waals surface area contributed by atoms with Gasteiger partial charge in [-0.1, -0.05) is 6.42 Å². The van der Waals surface area contributed by atoms with Crippen molar-refractivity contribution in [3.63, 3.8) is 0 Å². The first-order valence-electron chi connectivity index (χ1n) is 8.24. The van der Waals surface area contributed by atoms with E-state index in [0.717, 1.165) is 44.5 Å². The number of aromatic nitrogens is 1. The lowest BCUT2D eigenvalue weighted by Gasteiger charge is -2.30. The molecular weight excluding hydrogens is 280 g/mol. The van der Waals surface area contributed by atoms with Crippen LogP contribution < -0.4 is 4.74 Å². The van der Waals surface area contributed by atoms with Crippen LogP contribution >= 0.6 is 0 Å². The molecule has 1 spiro atoms. The van der Waals surface area contributed by atoms with Crippen molar-refractivity contribution in [2.75, 3.05) is 19.7 Å². The number of hydrogen-bond acceptors (Lipinski definition) is 4. The fourth-order valence-corrected chi connectivity index (χ4v) is 3.72. The molecule has 0 radical (unpaired) electrons. The van der Waals surface area contributed by atoms with Crippen molar-refractivity contribution in [2.45, 2.75) is 43.8 Å². The summed E-state index contributed by atoms with van der Waals surface area (Å²) in [6.07, 6.45) is 8.64. The van der Waals surface area contributed by atoms with Gasteiger partial charge in [0, 0.05) is 31.6 Å². The first-order valence-corrected chi connectivity index (χ1v) is 8.24. The SMILES string of the molecule is O=C(C1CCC1)N1CCC2(CC(Oc3cccnc3)CO2)C1. The van der Waals surface area contributed by atoms with E-state index in [4.69, 9.17) is 9.47 Å². The number of likely N-dealkylation sites (tertiary alicyclic amines) is 1. The lowest BCUT2D eigenvalue weighted by Crippen LogP contribution is -2.40. The fraction of sp³-hybridized carbons (Fsp3) is 0.647.